The van der Waals surface area contributed by atoms with Crippen molar-refractivity contribution in [2.45, 2.75) is 257 Å². The topological polar surface area (TPSA) is 496 Å². The van der Waals surface area contributed by atoms with Gasteiger partial charge in [0.05, 0.1) is 69.0 Å². The molecular formula is C47H84N2O29. The van der Waals surface area contributed by atoms with Crippen molar-refractivity contribution >= 4 is 0 Å². The fourth-order valence-electron chi connectivity index (χ4n) is 10.8. The average molecular weight is 1140 g/mol. The first-order valence-electron chi connectivity index (χ1n) is 26.2. The SMILES string of the molecule is CC1O[C@@H](OC2C(N)[C@H](OC3C(O)[C@H](O[C@@H]4C(CO)O[C@@H](C(C)(C)C)C(N)C4O[C@@H]4OC(C)[C@@H](O)C(O)C4O)OC(CO)[C@@H]3O)OC(CO)[C@H]2O[C@@H]2OC(CO)[C@H](O)C(O)C2O[C@@H]2OC(C)[C@@H](O)C(O)C2O)C(O)C(O)[C@@H]1C. The van der Waals surface area contributed by atoms with Gasteiger partial charge in [0.2, 0.25) is 0 Å². The number of aliphatic hydroxyl groups is 16. The molecule has 0 amide bonds. The van der Waals surface area contributed by atoms with Gasteiger partial charge in [-0.05, 0) is 26.2 Å². The standard InChI is InChI=1S/C47H84N2O29/c1-12-13(2)66-42(30(62)22(12)54)76-37-21(49)41(72-19(11-53)35(37)74-46-39(29(61)25(57)16(8-50)71-46)78-44-32(64)28(60)24(56)15(4)68-44)77-38-26(58)17(9-51)70-45(33(38)65)73-34-18(10-52)69-40(47(5,6)7)20(48)36(34)75-43-31(63)27(59)23(55)14(3)67-43/h12-46,50-65H,8-11,48-49H2,1-7H3/t12-,13?,14?,15?,16?,17?,18?,19?,20?,21?,22?,23-,24-,25+,26+,27?,28?,29?,30?,31?,32?,33?,34-,35-,36?,37?,38?,39?,40-,41+,42+,43+,44+,45+,46+/m1/s1. The van der Waals surface area contributed by atoms with Crippen LogP contribution in [0.15, 0.2) is 0 Å². The molecule has 7 aliphatic heterocycles. The first-order valence-corrected chi connectivity index (χ1v) is 26.2. The summed E-state index contributed by atoms with van der Waals surface area (Å²) in [5.74, 6) is -0.637. The van der Waals surface area contributed by atoms with Crippen LogP contribution in [0.2, 0.25) is 0 Å². The molecule has 7 heterocycles. The van der Waals surface area contributed by atoms with Gasteiger partial charge < -0.3 is 155 Å². The summed E-state index contributed by atoms with van der Waals surface area (Å²) < 4.78 is 78.7. The molecule has 7 fully saturated rings. The fourth-order valence-corrected chi connectivity index (χ4v) is 10.8. The normalized spacial score (nSPS) is 53.7. The van der Waals surface area contributed by atoms with Gasteiger partial charge in [0.15, 0.2) is 37.7 Å². The first-order chi connectivity index (χ1) is 36.6. The molecule has 7 aliphatic rings. The minimum Gasteiger partial charge on any atom is -0.394 e. The van der Waals surface area contributed by atoms with Crippen LogP contribution >= 0.6 is 0 Å². The first kappa shape index (κ1) is 64.3. The summed E-state index contributed by atoms with van der Waals surface area (Å²) in [6, 6.07) is -2.91. The lowest BCUT2D eigenvalue weighted by atomic mass is 9.79. The van der Waals surface area contributed by atoms with Crippen LogP contribution in [0.4, 0.5) is 0 Å². The summed E-state index contributed by atoms with van der Waals surface area (Å²) in [7, 11) is 0. The smallest absolute Gasteiger partial charge is 0.187 e. The van der Waals surface area contributed by atoms with Gasteiger partial charge in [-0.2, -0.15) is 0 Å². The van der Waals surface area contributed by atoms with Crippen molar-refractivity contribution < 1.29 is 143 Å². The molecule has 31 nitrogen and oxygen atoms in total. The van der Waals surface area contributed by atoms with Crippen LogP contribution in [-0.4, -0.2) is 317 Å². The monoisotopic (exact) mass is 1140 g/mol. The van der Waals surface area contributed by atoms with Crippen LogP contribution < -0.4 is 11.5 Å². The molecule has 0 radical (unpaired) electrons. The quantitative estimate of drug-likeness (QED) is 0.0682. The van der Waals surface area contributed by atoms with Crippen LogP contribution in [0.5, 0.6) is 0 Å². The Morgan fingerprint density at radius 1 is 0.321 bits per heavy atom. The van der Waals surface area contributed by atoms with E-state index < -0.39 is 246 Å². The Morgan fingerprint density at radius 3 is 1.19 bits per heavy atom. The second kappa shape index (κ2) is 26.4. The van der Waals surface area contributed by atoms with E-state index in [1.165, 1.54) is 13.8 Å². The average Bonchev–Trinajstić information content (AvgIpc) is 3.42. The lowest BCUT2D eigenvalue weighted by Gasteiger charge is -2.53. The van der Waals surface area contributed by atoms with E-state index in [-0.39, 0.29) is 0 Å². The van der Waals surface area contributed by atoms with Crippen LogP contribution in [-0.2, 0) is 61.6 Å². The zero-order valence-corrected chi connectivity index (χ0v) is 44.2. The molecule has 7 rings (SSSR count). The molecule has 35 atom stereocenters. The van der Waals surface area contributed by atoms with E-state index in [1.54, 1.807) is 34.6 Å². The Balaban J connectivity index is 1.19. The zero-order chi connectivity index (χ0) is 57.7. The Labute approximate surface area is 448 Å². The Kier molecular flexibility index (Phi) is 21.7. The lowest BCUT2D eigenvalue weighted by molar-refractivity contribution is -0.399. The summed E-state index contributed by atoms with van der Waals surface area (Å²) in [4.78, 5) is 0. The van der Waals surface area contributed by atoms with Crippen LogP contribution in [0.1, 0.15) is 48.5 Å². The molecule has 0 saturated carbocycles. The third-order valence-electron chi connectivity index (χ3n) is 15.9. The molecule has 0 aliphatic carbocycles. The van der Waals surface area contributed by atoms with Crippen LogP contribution in [0.3, 0.4) is 0 Å². The summed E-state index contributed by atoms with van der Waals surface area (Å²) in [6.07, 6.45) is -53.1. The van der Waals surface area contributed by atoms with E-state index >= 15 is 0 Å². The Morgan fingerprint density at radius 2 is 0.692 bits per heavy atom. The minimum atomic E-state index is -2.11. The highest BCUT2D eigenvalue weighted by atomic mass is 16.8. The summed E-state index contributed by atoms with van der Waals surface area (Å²) in [5, 5.41) is 175. The van der Waals surface area contributed by atoms with Gasteiger partial charge in [-0.25, -0.2) is 0 Å². The molecular weight excluding hydrogens is 1060 g/mol. The van der Waals surface area contributed by atoms with Crippen molar-refractivity contribution in [2.75, 3.05) is 26.4 Å². The largest absolute Gasteiger partial charge is 0.394 e. The predicted octanol–water partition coefficient (Wildman–Crippen LogP) is -9.89. The maximum Gasteiger partial charge on any atom is 0.187 e. The van der Waals surface area contributed by atoms with Gasteiger partial charge in [-0.15, -0.1) is 0 Å². The highest BCUT2D eigenvalue weighted by molar-refractivity contribution is 5.04. The van der Waals surface area contributed by atoms with E-state index in [0.717, 1.165) is 0 Å². The molecule has 0 bridgehead atoms. The summed E-state index contributed by atoms with van der Waals surface area (Å²) in [5.41, 5.74) is 13.0. The van der Waals surface area contributed by atoms with Gasteiger partial charge in [0, 0.05) is 5.92 Å². The van der Waals surface area contributed by atoms with Crippen molar-refractivity contribution in [1.82, 2.24) is 0 Å². The third-order valence-corrected chi connectivity index (χ3v) is 15.9. The summed E-state index contributed by atoms with van der Waals surface area (Å²) in [6.45, 7) is 7.67. The minimum absolute atomic E-state index is 0.637. The van der Waals surface area contributed by atoms with Gasteiger partial charge in [-0.1, -0.05) is 27.7 Å². The van der Waals surface area contributed by atoms with E-state index in [0.29, 0.717) is 0 Å². The molecule has 0 aromatic rings. The molecule has 21 unspecified atom stereocenters. The van der Waals surface area contributed by atoms with Crippen molar-refractivity contribution in [3.8, 4) is 0 Å². The molecule has 31 heteroatoms. The predicted molar refractivity (Wildman–Crippen MR) is 252 cm³/mol. The van der Waals surface area contributed by atoms with Crippen LogP contribution in [0.25, 0.3) is 0 Å². The van der Waals surface area contributed by atoms with Gasteiger partial charge in [-0.3, -0.25) is 0 Å². The molecule has 78 heavy (non-hydrogen) atoms. The number of aliphatic hydroxyl groups excluding tert-OH is 16. The highest BCUT2D eigenvalue weighted by Gasteiger charge is 2.59. The molecule has 0 spiro atoms. The zero-order valence-electron chi connectivity index (χ0n) is 44.2. The Bertz CT molecular complexity index is 1870. The second-order valence-corrected chi connectivity index (χ2v) is 22.5. The Hall–Kier alpha value is -1.24. The molecule has 0 aromatic carbocycles. The summed E-state index contributed by atoms with van der Waals surface area (Å²) >= 11 is 0. The number of rotatable bonds is 16. The number of ether oxygens (including phenoxy) is 13. The van der Waals surface area contributed by atoms with Gasteiger partial charge in [0.25, 0.3) is 0 Å². The van der Waals surface area contributed by atoms with E-state index in [4.69, 9.17) is 73.0 Å². The van der Waals surface area contributed by atoms with Crippen LogP contribution in [0, 0.1) is 11.3 Å². The van der Waals surface area contributed by atoms with Gasteiger partial charge >= 0.3 is 0 Å². The van der Waals surface area contributed by atoms with Crippen molar-refractivity contribution in [2.24, 2.45) is 22.8 Å². The van der Waals surface area contributed by atoms with Crippen molar-refractivity contribution in [3.63, 3.8) is 0 Å². The fraction of sp³-hybridized carbons (Fsp3) is 1.00. The second-order valence-electron chi connectivity index (χ2n) is 22.5. The third kappa shape index (κ3) is 13.0. The molecule has 20 N–H and O–H groups in total. The maximum atomic E-state index is 12.1. The highest BCUT2D eigenvalue weighted by Crippen LogP contribution is 2.41. The lowest BCUT2D eigenvalue weighted by Crippen LogP contribution is -2.71. The van der Waals surface area contributed by atoms with E-state index in [9.17, 15) is 81.7 Å². The molecule has 7 saturated heterocycles. The molecule has 0 aromatic heterocycles. The molecule has 456 valence electrons. The van der Waals surface area contributed by atoms with Gasteiger partial charge in [0.1, 0.15) is 128 Å². The number of hydrogen-bond acceptors (Lipinski definition) is 31. The maximum absolute atomic E-state index is 12.1. The number of hydrogen-bond donors (Lipinski definition) is 18. The number of nitrogens with two attached hydrogens (primary N) is 2. The van der Waals surface area contributed by atoms with E-state index in [1.807, 2.05) is 0 Å². The van der Waals surface area contributed by atoms with E-state index in [2.05, 4.69) is 0 Å². The van der Waals surface area contributed by atoms with Crippen molar-refractivity contribution in [1.29, 1.82) is 0 Å². The van der Waals surface area contributed by atoms with Crippen molar-refractivity contribution in [3.05, 3.63) is 0 Å².